The molecule has 3 aliphatic rings. The topological polar surface area (TPSA) is 0 Å². The van der Waals surface area contributed by atoms with Crippen LogP contribution in [0.3, 0.4) is 0 Å². The van der Waals surface area contributed by atoms with E-state index < -0.39 is 25.9 Å². The van der Waals surface area contributed by atoms with Crippen LogP contribution >= 0.6 is 17.0 Å². The van der Waals surface area contributed by atoms with Crippen molar-refractivity contribution in [3.05, 3.63) is 170 Å². The quantitative estimate of drug-likeness (QED) is 0.126. The van der Waals surface area contributed by atoms with Crippen LogP contribution in [0.5, 0.6) is 0 Å². The molecule has 389 valence electrons. The van der Waals surface area contributed by atoms with Crippen molar-refractivity contribution in [1.82, 2.24) is 0 Å². The molecule has 0 fully saturated rings. The second-order valence-corrected chi connectivity index (χ2v) is 50.7. The molecule has 0 saturated heterocycles. The van der Waals surface area contributed by atoms with Gasteiger partial charge in [0.2, 0.25) is 0 Å². The summed E-state index contributed by atoms with van der Waals surface area (Å²) in [6.07, 6.45) is 5.21. The molecule has 2 atom stereocenters. The number of rotatable bonds is 9. The van der Waals surface area contributed by atoms with Crippen molar-refractivity contribution in [1.29, 1.82) is 0 Å². The Morgan fingerprint density at radius 1 is 0.432 bits per heavy atom. The molecule has 0 saturated carbocycles. The minimum absolute atomic E-state index is 0.0311. The maximum absolute atomic E-state index is 9.75. The zero-order valence-electron chi connectivity index (χ0n) is 48.9. The summed E-state index contributed by atoms with van der Waals surface area (Å²) in [7, 11) is 18.6. The van der Waals surface area contributed by atoms with Crippen molar-refractivity contribution in [2.45, 2.75) is 179 Å². The molecule has 0 aromatic heterocycles. The minimum atomic E-state index is -5.91. The number of fused-ring (bicyclic) bond motifs is 5. The molecule has 1 aliphatic heterocycles. The second kappa shape index (κ2) is 18.8. The van der Waals surface area contributed by atoms with Crippen LogP contribution in [-0.2, 0) is 38.1 Å². The van der Waals surface area contributed by atoms with Crippen LogP contribution in [0.4, 0.5) is 0 Å². The summed E-state index contributed by atoms with van der Waals surface area (Å²) in [6, 6.07) is 41.2. The van der Waals surface area contributed by atoms with E-state index in [9.17, 15) is 17.0 Å². The van der Waals surface area contributed by atoms with Gasteiger partial charge in [0, 0.05) is 0 Å². The summed E-state index contributed by atoms with van der Waals surface area (Å²) < 4.78 is 0.951. The van der Waals surface area contributed by atoms with E-state index in [1.54, 1.807) is 0 Å². The maximum atomic E-state index is 9.75. The number of hydrogen-bond donors (Lipinski definition) is 0. The van der Waals surface area contributed by atoms with Crippen LogP contribution in [0.25, 0.3) is 45.5 Å². The Morgan fingerprint density at radius 2 is 0.811 bits per heavy atom. The normalized spacial score (nSPS) is 17.7. The molecule has 0 nitrogen and oxygen atoms in total. The number of hydrogen-bond acceptors (Lipinski definition) is 0. The summed E-state index contributed by atoms with van der Waals surface area (Å²) in [4.78, 5) is 0. The summed E-state index contributed by atoms with van der Waals surface area (Å²) >= 11 is -5.91. The molecule has 2 aliphatic carbocycles. The van der Waals surface area contributed by atoms with Crippen molar-refractivity contribution in [3.63, 3.8) is 0 Å². The number of benzene rings is 6. The predicted molar refractivity (Wildman–Crippen MR) is 329 cm³/mol. The average Bonchev–Trinajstić information content (AvgIpc) is 4.03. The summed E-state index contributed by atoms with van der Waals surface area (Å²) in [5.74, 6) is 1.01. The van der Waals surface area contributed by atoms with Gasteiger partial charge in [-0.1, -0.05) is 0 Å². The van der Waals surface area contributed by atoms with Gasteiger partial charge in [-0.2, -0.15) is 0 Å². The fourth-order valence-corrected chi connectivity index (χ4v) is 41.4. The Balaban J connectivity index is 1.43. The van der Waals surface area contributed by atoms with Gasteiger partial charge in [-0.25, -0.2) is 0 Å². The number of halogens is 2. The monoisotopic (exact) mass is 1120 g/mol. The van der Waals surface area contributed by atoms with E-state index >= 15 is 0 Å². The van der Waals surface area contributed by atoms with E-state index in [4.69, 9.17) is 0 Å². The van der Waals surface area contributed by atoms with Gasteiger partial charge in [0.05, 0.1) is 0 Å². The van der Waals surface area contributed by atoms with Crippen LogP contribution in [0.2, 0.25) is 0 Å². The Morgan fingerprint density at radius 3 is 1.18 bits per heavy atom. The van der Waals surface area contributed by atoms with Crippen LogP contribution < -0.4 is 13.6 Å². The Bertz CT molecular complexity index is 3050. The molecule has 0 amide bonds. The van der Waals surface area contributed by atoms with Crippen molar-refractivity contribution in [2.24, 2.45) is 11.8 Å². The third-order valence-electron chi connectivity index (χ3n) is 17.4. The number of allylic oxidation sites excluding steroid dienone is 2. The molecule has 0 radical (unpaired) electrons. The zero-order valence-corrected chi connectivity index (χ0v) is 54.3. The fourth-order valence-electron chi connectivity index (χ4n) is 13.1. The fraction of sp³-hybridized carbons (Fsp3) is 0.429. The van der Waals surface area contributed by atoms with Gasteiger partial charge in [0.25, 0.3) is 0 Å². The predicted octanol–water partition coefficient (Wildman–Crippen LogP) is 18.8. The SMILES string of the molecule is CC(C)C1=Cc2c(ccc(C(C)C)c2-c2cc(C(C)(C)C)cc(C(C)(C)C)c2)[CH]1[Zr]([Cl])([Cl])([c]1cccc2c1[SiH2]c1ccccc1-2)[CH]1C(C(C)C)=Cc2c1ccc(C(C)C)c2-c1cc(C(C)(C)C)cc(C(C)(C)C)c1. The van der Waals surface area contributed by atoms with Crippen LogP contribution in [-0.4, -0.2) is 9.52 Å². The second-order valence-electron chi connectivity index (χ2n) is 28.3. The van der Waals surface area contributed by atoms with E-state index in [0.717, 1.165) is 0 Å². The first kappa shape index (κ1) is 55.2. The Labute approximate surface area is 459 Å². The summed E-state index contributed by atoms with van der Waals surface area (Å²) in [5.41, 5.74) is 24.2. The van der Waals surface area contributed by atoms with Crippen molar-refractivity contribution >= 4 is 52.3 Å². The van der Waals surface area contributed by atoms with Gasteiger partial charge >= 0.3 is 463 Å². The molecule has 74 heavy (non-hydrogen) atoms. The van der Waals surface area contributed by atoms with Crippen molar-refractivity contribution < 1.29 is 16.4 Å². The Kier molecular flexibility index (Phi) is 14.1. The molecule has 0 bridgehead atoms. The van der Waals surface area contributed by atoms with Gasteiger partial charge in [-0.05, 0) is 0 Å². The van der Waals surface area contributed by atoms with Gasteiger partial charge in [-0.15, -0.1) is 0 Å². The summed E-state index contributed by atoms with van der Waals surface area (Å²) in [5, 5.41) is 2.96. The average molecular weight is 1120 g/mol. The van der Waals surface area contributed by atoms with E-state index in [1.807, 2.05) is 0 Å². The zero-order chi connectivity index (χ0) is 54.2. The summed E-state index contributed by atoms with van der Waals surface area (Å²) in [6.45, 7) is 47.4. The molecule has 1 heterocycles. The molecule has 0 N–H and O–H groups in total. The first-order valence-electron chi connectivity index (χ1n) is 28.1. The van der Waals surface area contributed by atoms with Gasteiger partial charge in [-0.3, -0.25) is 0 Å². The molecular weight excluding hydrogens is 1030 g/mol. The molecule has 9 rings (SSSR count). The molecule has 2 unspecified atom stereocenters. The Hall–Kier alpha value is -3.52. The molecule has 4 heteroatoms. The van der Waals surface area contributed by atoms with E-state index in [-0.39, 0.29) is 40.7 Å². The van der Waals surface area contributed by atoms with E-state index in [2.05, 4.69) is 254 Å². The van der Waals surface area contributed by atoms with Gasteiger partial charge < -0.3 is 0 Å². The first-order valence-corrected chi connectivity index (χ1v) is 39.9. The van der Waals surface area contributed by atoms with Gasteiger partial charge in [0.1, 0.15) is 0 Å². The van der Waals surface area contributed by atoms with Crippen LogP contribution in [0.15, 0.2) is 114 Å². The van der Waals surface area contributed by atoms with Crippen LogP contribution in [0.1, 0.15) is 213 Å². The molecule has 6 aromatic carbocycles. The third-order valence-corrected chi connectivity index (χ3v) is 40.0. The first-order chi connectivity index (χ1) is 34.2. The molecular formula is C70H87Cl2SiZr. The van der Waals surface area contributed by atoms with Crippen molar-refractivity contribution in [2.75, 3.05) is 0 Å². The molecule has 6 aromatic rings. The van der Waals surface area contributed by atoms with Crippen LogP contribution in [0, 0.1) is 11.8 Å². The van der Waals surface area contributed by atoms with E-state index in [0.29, 0.717) is 11.8 Å². The molecule has 0 spiro atoms. The standard InChI is InChI=1S/2C29H39.C12H9Si.2ClH.Zr/c2*1-18(2)21-13-20-11-12-25(19(3)4)27(26(20)16-21)22-14-23(28(5,6)7)17-24(15-22)29(8,9)10;1-3-7-11-9(5-1)10-6-2-4-8-12(10)13-11;;;/h2*11-19H,1-10H3;1-7H,13H2;2*1H;/q;;;;;+2/p-2. The third kappa shape index (κ3) is 9.26. The van der Waals surface area contributed by atoms with Gasteiger partial charge in [0.15, 0.2) is 0 Å². The van der Waals surface area contributed by atoms with E-state index in [1.165, 1.54) is 114 Å². The van der Waals surface area contributed by atoms with Crippen molar-refractivity contribution in [3.8, 4) is 33.4 Å².